The highest BCUT2D eigenvalue weighted by atomic mass is 35.5. The number of rotatable bonds is 9. The predicted molar refractivity (Wildman–Crippen MR) is 121 cm³/mol. The number of benzene rings is 1. The number of ether oxygens (including phenoxy) is 2. The average molecular weight is 427 g/mol. The highest BCUT2D eigenvalue weighted by Gasteiger charge is 2.21. The molecule has 1 amide bonds. The summed E-state index contributed by atoms with van der Waals surface area (Å²) in [5, 5.41) is 0. The van der Waals surface area contributed by atoms with Gasteiger partial charge in [-0.1, -0.05) is 45.7 Å². The zero-order chi connectivity index (χ0) is 20.4. The molecule has 5 nitrogen and oxygen atoms in total. The lowest BCUT2D eigenvalue weighted by Crippen LogP contribution is -2.49. The van der Waals surface area contributed by atoms with E-state index in [-0.39, 0.29) is 23.9 Å². The van der Waals surface area contributed by atoms with Crippen molar-refractivity contribution in [2.45, 2.75) is 58.8 Å². The minimum Gasteiger partial charge on any atom is -0.494 e. The topological polar surface area (TPSA) is 42.0 Å². The van der Waals surface area contributed by atoms with Gasteiger partial charge in [0.2, 0.25) is 0 Å². The number of nitrogens with zero attached hydrogens (tertiary/aromatic N) is 2. The molecule has 0 aliphatic carbocycles. The van der Waals surface area contributed by atoms with Crippen molar-refractivity contribution < 1.29 is 14.3 Å². The van der Waals surface area contributed by atoms with Gasteiger partial charge in [0.15, 0.2) is 0 Å². The van der Waals surface area contributed by atoms with Crippen molar-refractivity contribution in [3.63, 3.8) is 0 Å². The first kappa shape index (κ1) is 25.6. The molecule has 0 N–H and O–H groups in total. The molecule has 1 heterocycles. The third-order valence-electron chi connectivity index (χ3n) is 5.26. The Morgan fingerprint density at radius 1 is 0.966 bits per heavy atom. The van der Waals surface area contributed by atoms with Gasteiger partial charge in [-0.25, -0.2) is 4.79 Å². The van der Waals surface area contributed by atoms with Gasteiger partial charge in [0.05, 0.1) is 13.2 Å². The highest BCUT2D eigenvalue weighted by molar-refractivity contribution is 5.85. The van der Waals surface area contributed by atoms with Gasteiger partial charge in [-0.2, -0.15) is 0 Å². The molecule has 1 saturated heterocycles. The molecule has 0 saturated carbocycles. The number of carbonyl (C=O) groups excluding carboxylic acids is 1. The van der Waals surface area contributed by atoms with Crippen LogP contribution in [0.1, 0.15) is 58.9 Å². The van der Waals surface area contributed by atoms with E-state index in [1.165, 1.54) is 24.8 Å². The molecule has 29 heavy (non-hydrogen) atoms. The second kappa shape index (κ2) is 13.0. The van der Waals surface area contributed by atoms with Crippen molar-refractivity contribution in [3.8, 4) is 5.75 Å². The number of hydrogen-bond acceptors (Lipinski definition) is 4. The van der Waals surface area contributed by atoms with Crippen molar-refractivity contribution in [3.05, 3.63) is 29.8 Å². The standard InChI is InChI=1S/C23H38N2O3.ClH/c1-5-27-22(26)25-17-15-24(16-18-25)14-8-6-7-9-19-28-21-12-10-20(11-13-21)23(2,3)4;/h10-13H,5-9,14-19H2,1-4H3;1H. The molecule has 166 valence electrons. The Morgan fingerprint density at radius 3 is 2.17 bits per heavy atom. The quantitative estimate of drug-likeness (QED) is 0.514. The van der Waals surface area contributed by atoms with Crippen molar-refractivity contribution in [1.82, 2.24) is 9.80 Å². The number of unbranched alkanes of at least 4 members (excludes halogenated alkanes) is 3. The van der Waals surface area contributed by atoms with Crippen LogP contribution in [0.15, 0.2) is 24.3 Å². The van der Waals surface area contributed by atoms with E-state index in [1.54, 1.807) is 0 Å². The number of carbonyl (C=O) groups is 1. The zero-order valence-electron chi connectivity index (χ0n) is 18.6. The van der Waals surface area contributed by atoms with Crippen LogP contribution in [0.3, 0.4) is 0 Å². The summed E-state index contributed by atoms with van der Waals surface area (Å²) in [6.45, 7) is 14.3. The SMILES string of the molecule is CCOC(=O)N1CCN(CCCCCCOc2ccc(C(C)(C)C)cc2)CC1.Cl. The first-order valence-corrected chi connectivity index (χ1v) is 10.8. The number of amides is 1. The fraction of sp³-hybridized carbons (Fsp3) is 0.696. The smallest absolute Gasteiger partial charge is 0.409 e. The first-order chi connectivity index (χ1) is 13.4. The molecule has 1 fully saturated rings. The molecule has 1 aromatic rings. The average Bonchev–Trinajstić information content (AvgIpc) is 2.67. The van der Waals surface area contributed by atoms with E-state index in [1.807, 2.05) is 11.8 Å². The van der Waals surface area contributed by atoms with Crippen LogP contribution in [0.4, 0.5) is 4.79 Å². The van der Waals surface area contributed by atoms with Crippen molar-refractivity contribution in [1.29, 1.82) is 0 Å². The summed E-state index contributed by atoms with van der Waals surface area (Å²) in [4.78, 5) is 16.0. The van der Waals surface area contributed by atoms with Gasteiger partial charge < -0.3 is 14.4 Å². The lowest BCUT2D eigenvalue weighted by atomic mass is 9.87. The number of hydrogen-bond donors (Lipinski definition) is 0. The molecule has 0 aromatic heterocycles. The molecule has 0 spiro atoms. The van der Waals surface area contributed by atoms with Gasteiger partial charge in [-0.3, -0.25) is 4.90 Å². The van der Waals surface area contributed by atoms with E-state index < -0.39 is 0 Å². The second-order valence-electron chi connectivity index (χ2n) is 8.56. The monoisotopic (exact) mass is 426 g/mol. The predicted octanol–water partition coefficient (Wildman–Crippen LogP) is 5.12. The van der Waals surface area contributed by atoms with Crippen LogP contribution < -0.4 is 4.74 Å². The Labute approximate surface area is 183 Å². The number of halogens is 1. The Morgan fingerprint density at radius 2 is 1.59 bits per heavy atom. The van der Waals surface area contributed by atoms with Crippen LogP contribution in [0.25, 0.3) is 0 Å². The van der Waals surface area contributed by atoms with Gasteiger partial charge in [0.25, 0.3) is 0 Å². The summed E-state index contributed by atoms with van der Waals surface area (Å²) in [7, 11) is 0. The molecule has 0 atom stereocenters. The minimum absolute atomic E-state index is 0. The van der Waals surface area contributed by atoms with E-state index in [2.05, 4.69) is 49.9 Å². The summed E-state index contributed by atoms with van der Waals surface area (Å²) in [5.41, 5.74) is 1.52. The van der Waals surface area contributed by atoms with Crippen LogP contribution >= 0.6 is 12.4 Å². The second-order valence-corrected chi connectivity index (χ2v) is 8.56. The fourth-order valence-electron chi connectivity index (χ4n) is 3.40. The van der Waals surface area contributed by atoms with Crippen molar-refractivity contribution in [2.24, 2.45) is 0 Å². The lowest BCUT2D eigenvalue weighted by molar-refractivity contribution is 0.0792. The van der Waals surface area contributed by atoms with E-state index in [0.717, 1.165) is 51.5 Å². The Hall–Kier alpha value is -1.46. The van der Waals surface area contributed by atoms with Gasteiger partial charge >= 0.3 is 6.09 Å². The molecule has 0 radical (unpaired) electrons. The van der Waals surface area contributed by atoms with Gasteiger partial charge in [-0.05, 0) is 49.4 Å². The van der Waals surface area contributed by atoms with E-state index >= 15 is 0 Å². The van der Waals surface area contributed by atoms with Crippen LogP contribution in [0, 0.1) is 0 Å². The van der Waals surface area contributed by atoms with Crippen LogP contribution in [-0.4, -0.2) is 61.8 Å². The first-order valence-electron chi connectivity index (χ1n) is 10.8. The third-order valence-corrected chi connectivity index (χ3v) is 5.26. The zero-order valence-corrected chi connectivity index (χ0v) is 19.4. The maximum absolute atomic E-state index is 11.7. The van der Waals surface area contributed by atoms with Crippen LogP contribution in [0.2, 0.25) is 0 Å². The van der Waals surface area contributed by atoms with Crippen molar-refractivity contribution >= 4 is 18.5 Å². The third kappa shape index (κ3) is 9.26. The summed E-state index contributed by atoms with van der Waals surface area (Å²) in [6.07, 6.45) is 4.56. The summed E-state index contributed by atoms with van der Waals surface area (Å²) < 4.78 is 10.9. The molecule has 0 unspecified atom stereocenters. The molecular formula is C23H39ClN2O3. The normalized spacial score (nSPS) is 15.0. The van der Waals surface area contributed by atoms with Crippen LogP contribution in [-0.2, 0) is 10.2 Å². The van der Waals surface area contributed by atoms with Gasteiger partial charge in [0, 0.05) is 26.2 Å². The molecule has 2 rings (SSSR count). The largest absolute Gasteiger partial charge is 0.494 e. The lowest BCUT2D eigenvalue weighted by Gasteiger charge is -2.34. The number of piperazine rings is 1. The minimum atomic E-state index is -0.171. The Kier molecular flexibility index (Phi) is 11.4. The van der Waals surface area contributed by atoms with Gasteiger partial charge in [-0.15, -0.1) is 12.4 Å². The summed E-state index contributed by atoms with van der Waals surface area (Å²) in [5.74, 6) is 0.965. The highest BCUT2D eigenvalue weighted by Crippen LogP contribution is 2.24. The molecule has 0 bridgehead atoms. The maximum Gasteiger partial charge on any atom is 0.409 e. The molecule has 1 aliphatic rings. The van der Waals surface area contributed by atoms with E-state index in [4.69, 9.17) is 9.47 Å². The summed E-state index contributed by atoms with van der Waals surface area (Å²) >= 11 is 0. The molecule has 6 heteroatoms. The van der Waals surface area contributed by atoms with Crippen LogP contribution in [0.5, 0.6) is 5.75 Å². The molecule has 1 aromatic carbocycles. The molecule has 1 aliphatic heterocycles. The molecular weight excluding hydrogens is 388 g/mol. The fourth-order valence-corrected chi connectivity index (χ4v) is 3.40. The Balaban J connectivity index is 0.00000420. The summed E-state index contributed by atoms with van der Waals surface area (Å²) in [6, 6.07) is 8.49. The Bertz CT molecular complexity index is 579. The van der Waals surface area contributed by atoms with Gasteiger partial charge in [0.1, 0.15) is 5.75 Å². The maximum atomic E-state index is 11.7. The van der Waals surface area contributed by atoms with Crippen molar-refractivity contribution in [2.75, 3.05) is 45.9 Å². The van der Waals surface area contributed by atoms with E-state index in [9.17, 15) is 4.79 Å². The van der Waals surface area contributed by atoms with E-state index in [0.29, 0.717) is 6.61 Å².